The highest BCUT2D eigenvalue weighted by Crippen LogP contribution is 2.33. The van der Waals surface area contributed by atoms with E-state index < -0.39 is 29.6 Å². The van der Waals surface area contributed by atoms with Gasteiger partial charge in [-0.1, -0.05) is 43.7 Å². The SMILES string of the molecule is Cc1ccc(C(C(=O)NCCC(C)C)N(C(=O)c2snc(C(N)=O)c2N)c2ccc(F)cc2)cc1. The van der Waals surface area contributed by atoms with Gasteiger partial charge in [0.2, 0.25) is 5.91 Å². The number of carbonyl (C=O) groups excluding carboxylic acids is 3. The van der Waals surface area contributed by atoms with Gasteiger partial charge in [0.25, 0.3) is 11.8 Å². The molecule has 0 bridgehead atoms. The van der Waals surface area contributed by atoms with Crippen LogP contribution in [0.25, 0.3) is 0 Å². The maximum absolute atomic E-state index is 13.8. The summed E-state index contributed by atoms with van der Waals surface area (Å²) in [5.41, 5.74) is 12.8. The number of nitrogens with zero attached hydrogens (tertiary/aromatic N) is 2. The molecule has 5 N–H and O–H groups in total. The average Bonchev–Trinajstić information content (AvgIpc) is 3.20. The Kier molecular flexibility index (Phi) is 8.18. The monoisotopic (exact) mass is 497 g/mol. The van der Waals surface area contributed by atoms with Crippen LogP contribution in [0.5, 0.6) is 0 Å². The first-order valence-electron chi connectivity index (χ1n) is 11.1. The molecule has 0 radical (unpaired) electrons. The lowest BCUT2D eigenvalue weighted by molar-refractivity contribution is -0.122. The number of nitrogens with one attached hydrogen (secondary N) is 1. The van der Waals surface area contributed by atoms with E-state index in [0.29, 0.717) is 29.6 Å². The number of carbonyl (C=O) groups is 3. The van der Waals surface area contributed by atoms with Crippen molar-refractivity contribution in [1.82, 2.24) is 9.69 Å². The lowest BCUT2D eigenvalue weighted by Gasteiger charge is -2.31. The molecule has 3 amide bonds. The summed E-state index contributed by atoms with van der Waals surface area (Å²) in [7, 11) is 0. The summed E-state index contributed by atoms with van der Waals surface area (Å²) in [6.07, 6.45) is 0.751. The zero-order valence-electron chi connectivity index (χ0n) is 19.7. The Morgan fingerprint density at radius 1 is 1.09 bits per heavy atom. The van der Waals surface area contributed by atoms with Crippen LogP contribution in [0.2, 0.25) is 0 Å². The number of aromatic nitrogens is 1. The van der Waals surface area contributed by atoms with Crippen LogP contribution in [-0.2, 0) is 4.79 Å². The number of rotatable bonds is 9. The highest BCUT2D eigenvalue weighted by molar-refractivity contribution is 7.09. The van der Waals surface area contributed by atoms with E-state index in [0.717, 1.165) is 12.0 Å². The van der Waals surface area contributed by atoms with Gasteiger partial charge in [-0.15, -0.1) is 0 Å². The summed E-state index contributed by atoms with van der Waals surface area (Å²) < 4.78 is 17.7. The van der Waals surface area contributed by atoms with Gasteiger partial charge in [0.05, 0.1) is 5.69 Å². The molecule has 3 aromatic rings. The normalized spacial score (nSPS) is 11.8. The summed E-state index contributed by atoms with van der Waals surface area (Å²) >= 11 is 0.714. The van der Waals surface area contributed by atoms with Crippen molar-refractivity contribution in [2.75, 3.05) is 17.2 Å². The predicted molar refractivity (Wildman–Crippen MR) is 135 cm³/mol. The second-order valence-corrected chi connectivity index (χ2v) is 9.35. The molecule has 1 atom stereocenters. The Hall–Kier alpha value is -3.79. The molecule has 0 saturated heterocycles. The fraction of sp³-hybridized carbons (Fsp3) is 0.280. The van der Waals surface area contributed by atoms with Gasteiger partial charge in [-0.3, -0.25) is 19.3 Å². The highest BCUT2D eigenvalue weighted by Gasteiger charge is 2.36. The zero-order valence-corrected chi connectivity index (χ0v) is 20.6. The zero-order chi connectivity index (χ0) is 25.7. The minimum Gasteiger partial charge on any atom is -0.395 e. The fourth-order valence-electron chi connectivity index (χ4n) is 3.47. The van der Waals surface area contributed by atoms with E-state index in [1.807, 2.05) is 32.9 Å². The van der Waals surface area contributed by atoms with Crippen LogP contribution in [0.1, 0.15) is 57.6 Å². The van der Waals surface area contributed by atoms with E-state index in [1.54, 1.807) is 12.1 Å². The quantitative estimate of drug-likeness (QED) is 0.414. The van der Waals surface area contributed by atoms with Gasteiger partial charge in [-0.25, -0.2) is 4.39 Å². The highest BCUT2D eigenvalue weighted by atomic mass is 32.1. The number of amides is 3. The molecule has 2 aromatic carbocycles. The molecule has 1 aromatic heterocycles. The number of hydrogen-bond donors (Lipinski definition) is 3. The van der Waals surface area contributed by atoms with Crippen LogP contribution in [-0.4, -0.2) is 28.6 Å². The van der Waals surface area contributed by atoms with Crippen molar-refractivity contribution < 1.29 is 18.8 Å². The Morgan fingerprint density at radius 2 is 1.71 bits per heavy atom. The molecule has 10 heteroatoms. The molecule has 3 rings (SSSR count). The molecule has 0 aliphatic heterocycles. The molecular weight excluding hydrogens is 469 g/mol. The lowest BCUT2D eigenvalue weighted by atomic mass is 10.0. The van der Waals surface area contributed by atoms with E-state index >= 15 is 0 Å². The van der Waals surface area contributed by atoms with Crippen molar-refractivity contribution in [3.63, 3.8) is 0 Å². The van der Waals surface area contributed by atoms with E-state index in [4.69, 9.17) is 11.5 Å². The Bertz CT molecular complexity index is 1210. The molecule has 0 aliphatic rings. The number of primary amides is 1. The Labute approximate surface area is 207 Å². The van der Waals surface area contributed by atoms with Crippen molar-refractivity contribution in [3.05, 3.63) is 76.0 Å². The Morgan fingerprint density at radius 3 is 2.26 bits per heavy atom. The number of halogens is 1. The number of aryl methyl sites for hydroxylation is 1. The third-order valence-corrected chi connectivity index (χ3v) is 6.25. The largest absolute Gasteiger partial charge is 0.395 e. The smallest absolute Gasteiger partial charge is 0.273 e. The average molecular weight is 498 g/mol. The minimum atomic E-state index is -1.10. The van der Waals surface area contributed by atoms with Crippen LogP contribution in [0, 0.1) is 18.7 Å². The van der Waals surface area contributed by atoms with Crippen molar-refractivity contribution in [2.45, 2.75) is 33.2 Å². The third kappa shape index (κ3) is 6.02. The first-order chi connectivity index (χ1) is 16.6. The molecule has 1 heterocycles. The van der Waals surface area contributed by atoms with Crippen LogP contribution < -0.4 is 21.7 Å². The van der Waals surface area contributed by atoms with Crippen LogP contribution >= 0.6 is 11.5 Å². The van der Waals surface area contributed by atoms with E-state index in [1.165, 1.54) is 29.2 Å². The first-order valence-corrected chi connectivity index (χ1v) is 11.9. The second kappa shape index (κ2) is 11.1. The lowest BCUT2D eigenvalue weighted by Crippen LogP contribution is -2.44. The van der Waals surface area contributed by atoms with Crippen LogP contribution in [0.15, 0.2) is 48.5 Å². The van der Waals surface area contributed by atoms with Gasteiger partial charge >= 0.3 is 0 Å². The predicted octanol–water partition coefficient (Wildman–Crippen LogP) is 3.82. The number of benzene rings is 2. The first kappa shape index (κ1) is 25.8. The molecule has 8 nitrogen and oxygen atoms in total. The van der Waals surface area contributed by atoms with E-state index in [-0.39, 0.29) is 21.9 Å². The Balaban J connectivity index is 2.14. The van der Waals surface area contributed by atoms with Crippen molar-refractivity contribution in [1.29, 1.82) is 0 Å². The minimum absolute atomic E-state index is 0.0461. The molecule has 0 aliphatic carbocycles. The van der Waals surface area contributed by atoms with Gasteiger partial charge < -0.3 is 16.8 Å². The molecule has 0 spiro atoms. The van der Waals surface area contributed by atoms with Crippen molar-refractivity contribution in [3.8, 4) is 0 Å². The molecule has 1 unspecified atom stereocenters. The van der Waals surface area contributed by atoms with Gasteiger partial charge in [-0.2, -0.15) is 4.37 Å². The van der Waals surface area contributed by atoms with Crippen molar-refractivity contribution >= 4 is 40.6 Å². The molecule has 0 saturated carbocycles. The van der Waals surface area contributed by atoms with Gasteiger partial charge in [0.15, 0.2) is 5.69 Å². The summed E-state index contributed by atoms with van der Waals surface area (Å²) in [5, 5.41) is 2.91. The van der Waals surface area contributed by atoms with Crippen LogP contribution in [0.4, 0.5) is 15.8 Å². The molecule has 0 fully saturated rings. The number of anilines is 2. The molecule has 184 valence electrons. The number of nitrogen functional groups attached to an aromatic ring is 1. The summed E-state index contributed by atoms with van der Waals surface area (Å²) in [4.78, 5) is 40.2. The summed E-state index contributed by atoms with van der Waals surface area (Å²) in [5.74, 6) is -2.07. The number of nitrogens with two attached hydrogens (primary N) is 2. The summed E-state index contributed by atoms with van der Waals surface area (Å²) in [6, 6.07) is 11.3. The fourth-order valence-corrected chi connectivity index (χ4v) is 4.21. The molecular formula is C25H28FN5O3S. The third-order valence-electron chi connectivity index (χ3n) is 5.40. The number of hydrogen-bond acceptors (Lipinski definition) is 6. The topological polar surface area (TPSA) is 131 Å². The van der Waals surface area contributed by atoms with Gasteiger partial charge in [0.1, 0.15) is 16.7 Å². The second-order valence-electron chi connectivity index (χ2n) is 8.58. The molecule has 35 heavy (non-hydrogen) atoms. The van der Waals surface area contributed by atoms with Gasteiger partial charge in [-0.05, 0) is 60.6 Å². The maximum atomic E-state index is 13.8. The summed E-state index contributed by atoms with van der Waals surface area (Å²) in [6.45, 7) is 6.41. The van der Waals surface area contributed by atoms with Crippen molar-refractivity contribution in [2.24, 2.45) is 11.7 Å². The maximum Gasteiger partial charge on any atom is 0.273 e. The van der Waals surface area contributed by atoms with E-state index in [9.17, 15) is 18.8 Å². The van der Waals surface area contributed by atoms with Crippen LogP contribution in [0.3, 0.4) is 0 Å². The van der Waals surface area contributed by atoms with E-state index in [2.05, 4.69) is 9.69 Å². The standard InChI is InChI=1S/C25H28FN5O3S/c1-14(2)12-13-29-24(33)21(16-6-4-15(3)5-7-16)31(18-10-8-17(26)9-11-18)25(34)22-19(27)20(23(28)32)30-35-22/h4-11,14,21H,12-13,27H2,1-3H3,(H2,28,32)(H,29,33). The van der Waals surface area contributed by atoms with Gasteiger partial charge in [0, 0.05) is 12.2 Å².